The van der Waals surface area contributed by atoms with Crippen molar-refractivity contribution in [2.45, 2.75) is 19.5 Å². The summed E-state index contributed by atoms with van der Waals surface area (Å²) in [5.41, 5.74) is 6.76. The van der Waals surface area contributed by atoms with Crippen LogP contribution in [0.4, 0.5) is 0 Å². The Bertz CT molecular complexity index is 530. The third-order valence-electron chi connectivity index (χ3n) is 3.12. The Morgan fingerprint density at radius 1 is 1.33 bits per heavy atom. The minimum absolute atomic E-state index is 0. The average Bonchev–Trinajstić information content (AvgIpc) is 2.97. The number of nitrogens with zero attached hydrogens (tertiary/aromatic N) is 2. The summed E-state index contributed by atoms with van der Waals surface area (Å²) in [6.07, 6.45) is 3.66. The fraction of sp³-hybridized carbons (Fsp3) is 0.333. The minimum atomic E-state index is -0.617. The van der Waals surface area contributed by atoms with E-state index in [1.807, 2.05) is 47.3 Å². The third-order valence-corrected chi connectivity index (χ3v) is 3.12. The Kier molecular flexibility index (Phi) is 6.91. The molecule has 1 heterocycles. The van der Waals surface area contributed by atoms with E-state index in [9.17, 15) is 4.79 Å². The number of nitrogens with two attached hydrogens (primary N) is 1. The molecule has 3 N–H and O–H groups in total. The van der Waals surface area contributed by atoms with Crippen molar-refractivity contribution >= 4 is 18.3 Å². The summed E-state index contributed by atoms with van der Waals surface area (Å²) >= 11 is 0. The predicted octanol–water partition coefficient (Wildman–Crippen LogP) is 1.76. The summed E-state index contributed by atoms with van der Waals surface area (Å²) in [5.74, 6) is 0.144. The fourth-order valence-corrected chi connectivity index (χ4v) is 1.99. The second-order valence-corrected chi connectivity index (χ2v) is 4.97. The second-order valence-electron chi connectivity index (χ2n) is 4.97. The van der Waals surface area contributed by atoms with Gasteiger partial charge in [0.2, 0.25) is 5.91 Å². The number of carbonyl (C=O) groups excluding carboxylic acids is 1. The van der Waals surface area contributed by atoms with Crippen LogP contribution in [0.2, 0.25) is 0 Å². The van der Waals surface area contributed by atoms with Crippen LogP contribution in [0.15, 0.2) is 48.8 Å². The number of hydrogen-bond acceptors (Lipinski definition) is 3. The zero-order valence-corrected chi connectivity index (χ0v) is 12.8. The molecule has 0 aliphatic carbocycles. The Labute approximate surface area is 130 Å². The molecule has 1 aromatic carbocycles. The zero-order valence-electron chi connectivity index (χ0n) is 12.0. The maximum Gasteiger partial charge on any atom is 0.241 e. The molecule has 2 atom stereocenters. The Morgan fingerprint density at radius 2 is 2.05 bits per heavy atom. The largest absolute Gasteiger partial charge is 0.354 e. The average molecular weight is 309 g/mol. The van der Waals surface area contributed by atoms with Crippen LogP contribution in [-0.2, 0) is 11.3 Å². The van der Waals surface area contributed by atoms with Crippen LogP contribution >= 0.6 is 12.4 Å². The first-order valence-corrected chi connectivity index (χ1v) is 6.72. The van der Waals surface area contributed by atoms with Crippen LogP contribution in [0.3, 0.4) is 0 Å². The van der Waals surface area contributed by atoms with E-state index in [2.05, 4.69) is 17.3 Å². The summed E-state index contributed by atoms with van der Waals surface area (Å²) in [5, 5.41) is 7.03. The number of aromatic nitrogens is 2. The van der Waals surface area contributed by atoms with Gasteiger partial charge in [0.25, 0.3) is 0 Å². The second kappa shape index (κ2) is 8.44. The quantitative estimate of drug-likeness (QED) is 0.854. The maximum atomic E-state index is 12.0. The van der Waals surface area contributed by atoms with Crippen LogP contribution in [0.25, 0.3) is 0 Å². The zero-order chi connectivity index (χ0) is 14.4. The lowest BCUT2D eigenvalue weighted by Gasteiger charge is -2.16. The Balaban J connectivity index is 0.00000220. The van der Waals surface area contributed by atoms with Crippen LogP contribution in [0, 0.1) is 5.92 Å². The Morgan fingerprint density at radius 3 is 2.67 bits per heavy atom. The number of amides is 1. The van der Waals surface area contributed by atoms with E-state index in [0.29, 0.717) is 12.5 Å². The number of nitrogens with one attached hydrogen (secondary N) is 1. The van der Waals surface area contributed by atoms with Crippen molar-refractivity contribution in [3.63, 3.8) is 0 Å². The van der Waals surface area contributed by atoms with E-state index in [1.165, 1.54) is 0 Å². The lowest BCUT2D eigenvalue weighted by Crippen LogP contribution is -2.37. The number of carbonyl (C=O) groups is 1. The van der Waals surface area contributed by atoms with E-state index >= 15 is 0 Å². The number of rotatable bonds is 6. The Hall–Kier alpha value is -1.85. The van der Waals surface area contributed by atoms with E-state index in [4.69, 9.17) is 5.73 Å². The number of halogens is 1. The SMILES string of the molecule is CC(CNC(=O)C(N)c1ccccc1)Cn1cccn1.Cl. The van der Waals surface area contributed by atoms with Crippen molar-refractivity contribution in [1.82, 2.24) is 15.1 Å². The first kappa shape index (κ1) is 17.2. The van der Waals surface area contributed by atoms with Crippen LogP contribution in [-0.4, -0.2) is 22.2 Å². The molecule has 2 aromatic rings. The minimum Gasteiger partial charge on any atom is -0.354 e. The smallest absolute Gasteiger partial charge is 0.241 e. The van der Waals surface area contributed by atoms with Crippen molar-refractivity contribution in [2.75, 3.05) is 6.54 Å². The molecule has 0 aliphatic rings. The number of hydrogen-bond donors (Lipinski definition) is 2. The van der Waals surface area contributed by atoms with Gasteiger partial charge in [0.1, 0.15) is 6.04 Å². The third kappa shape index (κ3) is 5.21. The fourth-order valence-electron chi connectivity index (χ4n) is 1.99. The summed E-state index contributed by atoms with van der Waals surface area (Å²) in [4.78, 5) is 12.0. The lowest BCUT2D eigenvalue weighted by atomic mass is 10.1. The highest BCUT2D eigenvalue weighted by Gasteiger charge is 2.15. The van der Waals surface area contributed by atoms with E-state index in [0.717, 1.165) is 12.1 Å². The highest BCUT2D eigenvalue weighted by molar-refractivity contribution is 5.85. The van der Waals surface area contributed by atoms with Crippen LogP contribution in [0.5, 0.6) is 0 Å². The molecule has 2 rings (SSSR count). The maximum absolute atomic E-state index is 12.0. The first-order chi connectivity index (χ1) is 9.66. The molecule has 5 nitrogen and oxygen atoms in total. The topological polar surface area (TPSA) is 72.9 Å². The molecule has 0 saturated carbocycles. The van der Waals surface area contributed by atoms with Crippen molar-refractivity contribution < 1.29 is 4.79 Å². The molecule has 0 radical (unpaired) electrons. The van der Waals surface area contributed by atoms with Gasteiger partial charge in [0.15, 0.2) is 0 Å². The van der Waals surface area contributed by atoms with Gasteiger partial charge in [-0.1, -0.05) is 37.3 Å². The van der Waals surface area contributed by atoms with Crippen LogP contribution < -0.4 is 11.1 Å². The molecule has 0 fully saturated rings. The lowest BCUT2D eigenvalue weighted by molar-refractivity contribution is -0.122. The van der Waals surface area contributed by atoms with Gasteiger partial charge in [0.05, 0.1) is 0 Å². The van der Waals surface area contributed by atoms with Crippen molar-refractivity contribution in [3.05, 3.63) is 54.4 Å². The van der Waals surface area contributed by atoms with Gasteiger partial charge in [0, 0.05) is 25.5 Å². The van der Waals surface area contributed by atoms with E-state index in [1.54, 1.807) is 6.20 Å². The molecule has 0 saturated heterocycles. The normalized spacial score (nSPS) is 13.0. The predicted molar refractivity (Wildman–Crippen MR) is 85.0 cm³/mol. The van der Waals surface area contributed by atoms with E-state index < -0.39 is 6.04 Å². The standard InChI is InChI=1S/C15H20N4O.ClH/c1-12(11-19-9-5-8-18-19)10-17-15(20)14(16)13-6-3-2-4-7-13;/h2-9,12,14H,10-11,16H2,1H3,(H,17,20);1H. The van der Waals surface area contributed by atoms with Gasteiger partial charge in [-0.05, 0) is 17.5 Å². The van der Waals surface area contributed by atoms with Crippen molar-refractivity contribution in [1.29, 1.82) is 0 Å². The molecule has 1 aromatic heterocycles. The molecule has 114 valence electrons. The molecule has 0 bridgehead atoms. The summed E-state index contributed by atoms with van der Waals surface area (Å²) in [6.45, 7) is 3.42. The van der Waals surface area contributed by atoms with Crippen LogP contribution in [0.1, 0.15) is 18.5 Å². The van der Waals surface area contributed by atoms with Gasteiger partial charge in [-0.25, -0.2) is 0 Å². The van der Waals surface area contributed by atoms with Gasteiger partial charge < -0.3 is 11.1 Å². The van der Waals surface area contributed by atoms with Gasteiger partial charge in [-0.2, -0.15) is 5.10 Å². The highest BCUT2D eigenvalue weighted by Crippen LogP contribution is 2.09. The number of benzene rings is 1. The molecule has 21 heavy (non-hydrogen) atoms. The van der Waals surface area contributed by atoms with Gasteiger partial charge in [-0.15, -0.1) is 12.4 Å². The van der Waals surface area contributed by atoms with Gasteiger partial charge in [-0.3, -0.25) is 9.48 Å². The highest BCUT2D eigenvalue weighted by atomic mass is 35.5. The van der Waals surface area contributed by atoms with Crippen molar-refractivity contribution in [3.8, 4) is 0 Å². The molecule has 1 amide bonds. The molecule has 0 aliphatic heterocycles. The monoisotopic (exact) mass is 308 g/mol. The molecule has 0 spiro atoms. The van der Waals surface area contributed by atoms with E-state index in [-0.39, 0.29) is 18.3 Å². The summed E-state index contributed by atoms with van der Waals surface area (Å²) in [6, 6.07) is 10.6. The van der Waals surface area contributed by atoms with Crippen molar-refractivity contribution in [2.24, 2.45) is 11.7 Å². The first-order valence-electron chi connectivity index (χ1n) is 6.72. The molecule has 2 unspecified atom stereocenters. The molecule has 6 heteroatoms. The summed E-state index contributed by atoms with van der Waals surface area (Å²) < 4.78 is 1.86. The molecular formula is C15H21ClN4O. The molecular weight excluding hydrogens is 288 g/mol. The van der Waals surface area contributed by atoms with Gasteiger partial charge >= 0.3 is 0 Å². The summed E-state index contributed by atoms with van der Waals surface area (Å²) in [7, 11) is 0.